The molecule has 4 heteroatoms. The topological polar surface area (TPSA) is 44.4 Å². The molecule has 4 nitrogen and oxygen atoms in total. The Bertz CT molecular complexity index is 311. The van der Waals surface area contributed by atoms with Gasteiger partial charge in [0.25, 0.3) is 0 Å². The Morgan fingerprint density at radius 1 is 1.26 bits per heavy atom. The molecule has 0 aromatic rings. The predicted molar refractivity (Wildman–Crippen MR) is 78.0 cm³/mol. The Hall–Kier alpha value is -0.610. The molecule has 2 N–H and O–H groups in total. The summed E-state index contributed by atoms with van der Waals surface area (Å²) in [5.41, 5.74) is 0.495. The molecule has 1 spiro atoms. The summed E-state index contributed by atoms with van der Waals surface area (Å²) in [7, 11) is 0. The van der Waals surface area contributed by atoms with E-state index >= 15 is 0 Å². The molecule has 0 aromatic carbocycles. The van der Waals surface area contributed by atoms with Gasteiger partial charge in [-0.3, -0.25) is 9.69 Å². The van der Waals surface area contributed by atoms with Crippen molar-refractivity contribution in [3.05, 3.63) is 0 Å². The zero-order valence-corrected chi connectivity index (χ0v) is 12.7. The van der Waals surface area contributed by atoms with Crippen LogP contribution in [0.1, 0.15) is 40.0 Å². The van der Waals surface area contributed by atoms with Crippen LogP contribution in [0.2, 0.25) is 0 Å². The van der Waals surface area contributed by atoms with Crippen LogP contribution in [-0.4, -0.2) is 49.6 Å². The predicted octanol–water partition coefficient (Wildman–Crippen LogP) is 1.22. The Labute approximate surface area is 117 Å². The third kappa shape index (κ3) is 3.93. The number of piperidine rings is 1. The molecule has 0 saturated carbocycles. The summed E-state index contributed by atoms with van der Waals surface area (Å²) in [6.07, 6.45) is 3.81. The first-order valence-corrected chi connectivity index (χ1v) is 7.73. The molecule has 2 fully saturated rings. The second kappa shape index (κ2) is 6.23. The summed E-state index contributed by atoms with van der Waals surface area (Å²) in [4.78, 5) is 14.4. The second-order valence-corrected chi connectivity index (χ2v) is 6.81. The lowest BCUT2D eigenvalue weighted by atomic mass is 9.78. The van der Waals surface area contributed by atoms with E-state index in [1.807, 2.05) is 0 Å². The molecule has 0 radical (unpaired) electrons. The average Bonchev–Trinajstić information content (AvgIpc) is 2.72. The highest BCUT2D eigenvalue weighted by Gasteiger charge is 2.39. The van der Waals surface area contributed by atoms with Gasteiger partial charge in [0, 0.05) is 12.6 Å². The van der Waals surface area contributed by atoms with E-state index in [2.05, 4.69) is 36.3 Å². The monoisotopic (exact) mass is 267 g/mol. The van der Waals surface area contributed by atoms with Gasteiger partial charge < -0.3 is 10.6 Å². The summed E-state index contributed by atoms with van der Waals surface area (Å²) < 4.78 is 0. The highest BCUT2D eigenvalue weighted by atomic mass is 16.2. The fourth-order valence-electron chi connectivity index (χ4n) is 3.20. The lowest BCUT2D eigenvalue weighted by molar-refractivity contribution is -0.123. The minimum atomic E-state index is 0.187. The molecule has 1 unspecified atom stereocenters. The van der Waals surface area contributed by atoms with Crippen LogP contribution in [0.3, 0.4) is 0 Å². The number of carbonyl (C=O) groups is 1. The van der Waals surface area contributed by atoms with Gasteiger partial charge in [0.05, 0.1) is 6.54 Å². The maximum atomic E-state index is 12.0. The number of likely N-dealkylation sites (tertiary alicyclic amines) is 1. The molecule has 2 rings (SSSR count). The standard InChI is InChI=1S/C15H29N3O/c1-12(2)13(3)17-14(19)10-18-9-6-15(11-18)4-7-16-8-5-15/h12-13,16H,4-11H2,1-3H3,(H,17,19). The van der Waals surface area contributed by atoms with Crippen LogP contribution in [-0.2, 0) is 4.79 Å². The molecule has 2 aliphatic rings. The first kappa shape index (κ1) is 14.8. The summed E-state index contributed by atoms with van der Waals surface area (Å²) >= 11 is 0. The van der Waals surface area contributed by atoms with Gasteiger partial charge in [0.1, 0.15) is 0 Å². The molecule has 1 amide bonds. The van der Waals surface area contributed by atoms with Crippen LogP contribution in [0.25, 0.3) is 0 Å². The molecule has 0 aromatic heterocycles. The molecule has 0 bridgehead atoms. The number of carbonyl (C=O) groups excluding carboxylic acids is 1. The van der Waals surface area contributed by atoms with Crippen LogP contribution in [0.5, 0.6) is 0 Å². The largest absolute Gasteiger partial charge is 0.352 e. The Kier molecular flexibility index (Phi) is 4.85. The third-order valence-electron chi connectivity index (χ3n) is 4.94. The fraction of sp³-hybridized carbons (Fsp3) is 0.933. The Morgan fingerprint density at radius 2 is 1.95 bits per heavy atom. The van der Waals surface area contributed by atoms with E-state index < -0.39 is 0 Å². The Morgan fingerprint density at radius 3 is 2.58 bits per heavy atom. The Balaban J connectivity index is 1.77. The highest BCUT2D eigenvalue weighted by Crippen LogP contribution is 2.38. The molecular formula is C15H29N3O. The van der Waals surface area contributed by atoms with Gasteiger partial charge in [0.2, 0.25) is 5.91 Å². The number of amides is 1. The summed E-state index contributed by atoms with van der Waals surface area (Å²) in [5.74, 6) is 0.686. The van der Waals surface area contributed by atoms with Gasteiger partial charge in [-0.25, -0.2) is 0 Å². The van der Waals surface area contributed by atoms with Crippen molar-refractivity contribution in [2.45, 2.75) is 46.1 Å². The van der Waals surface area contributed by atoms with E-state index in [1.54, 1.807) is 0 Å². The molecular weight excluding hydrogens is 238 g/mol. The van der Waals surface area contributed by atoms with E-state index in [-0.39, 0.29) is 11.9 Å². The van der Waals surface area contributed by atoms with Crippen molar-refractivity contribution in [3.8, 4) is 0 Å². The van der Waals surface area contributed by atoms with Crippen LogP contribution in [0.4, 0.5) is 0 Å². The zero-order valence-electron chi connectivity index (χ0n) is 12.7. The molecule has 2 heterocycles. The smallest absolute Gasteiger partial charge is 0.234 e. The first-order valence-electron chi connectivity index (χ1n) is 7.73. The average molecular weight is 267 g/mol. The lowest BCUT2D eigenvalue weighted by Gasteiger charge is -2.33. The fourth-order valence-corrected chi connectivity index (χ4v) is 3.20. The van der Waals surface area contributed by atoms with Crippen molar-refractivity contribution in [1.82, 2.24) is 15.5 Å². The molecule has 2 saturated heterocycles. The number of hydrogen-bond acceptors (Lipinski definition) is 3. The third-order valence-corrected chi connectivity index (χ3v) is 4.94. The van der Waals surface area contributed by atoms with Crippen molar-refractivity contribution in [2.75, 3.05) is 32.7 Å². The van der Waals surface area contributed by atoms with E-state index in [0.717, 1.165) is 26.2 Å². The minimum Gasteiger partial charge on any atom is -0.352 e. The zero-order chi connectivity index (χ0) is 13.9. The van der Waals surface area contributed by atoms with Gasteiger partial charge in [-0.15, -0.1) is 0 Å². The van der Waals surface area contributed by atoms with Crippen LogP contribution in [0.15, 0.2) is 0 Å². The normalized spacial score (nSPS) is 24.8. The molecule has 110 valence electrons. The molecule has 19 heavy (non-hydrogen) atoms. The van der Waals surface area contributed by atoms with Crippen LogP contribution < -0.4 is 10.6 Å². The summed E-state index contributed by atoms with van der Waals surface area (Å²) in [6, 6.07) is 0.267. The SMILES string of the molecule is CC(C)C(C)NC(=O)CN1CCC2(CCNCC2)C1. The molecule has 2 aliphatic heterocycles. The van der Waals surface area contributed by atoms with Gasteiger partial charge in [-0.2, -0.15) is 0 Å². The van der Waals surface area contributed by atoms with Gasteiger partial charge in [-0.05, 0) is 57.2 Å². The maximum absolute atomic E-state index is 12.0. The number of rotatable bonds is 4. The van der Waals surface area contributed by atoms with Gasteiger partial charge in [0.15, 0.2) is 0 Å². The number of nitrogens with zero attached hydrogens (tertiary/aromatic N) is 1. The molecule has 1 atom stereocenters. The van der Waals surface area contributed by atoms with Crippen LogP contribution in [0, 0.1) is 11.3 Å². The van der Waals surface area contributed by atoms with Crippen molar-refractivity contribution in [1.29, 1.82) is 0 Å². The van der Waals surface area contributed by atoms with E-state index in [4.69, 9.17) is 0 Å². The quantitative estimate of drug-likeness (QED) is 0.805. The highest BCUT2D eigenvalue weighted by molar-refractivity contribution is 5.78. The van der Waals surface area contributed by atoms with Crippen molar-refractivity contribution >= 4 is 5.91 Å². The van der Waals surface area contributed by atoms with Crippen molar-refractivity contribution < 1.29 is 4.79 Å². The van der Waals surface area contributed by atoms with Crippen LogP contribution >= 0.6 is 0 Å². The van der Waals surface area contributed by atoms with Gasteiger partial charge in [-0.1, -0.05) is 13.8 Å². The molecule has 0 aliphatic carbocycles. The second-order valence-electron chi connectivity index (χ2n) is 6.81. The van der Waals surface area contributed by atoms with Crippen molar-refractivity contribution in [2.24, 2.45) is 11.3 Å². The number of nitrogens with one attached hydrogen (secondary N) is 2. The minimum absolute atomic E-state index is 0.187. The van der Waals surface area contributed by atoms with E-state index in [1.165, 1.54) is 19.3 Å². The van der Waals surface area contributed by atoms with E-state index in [0.29, 0.717) is 17.9 Å². The summed E-state index contributed by atoms with van der Waals surface area (Å²) in [6.45, 7) is 11.4. The van der Waals surface area contributed by atoms with Gasteiger partial charge >= 0.3 is 0 Å². The number of hydrogen-bond donors (Lipinski definition) is 2. The first-order chi connectivity index (χ1) is 9.01. The summed E-state index contributed by atoms with van der Waals surface area (Å²) in [5, 5.41) is 6.54. The van der Waals surface area contributed by atoms with Crippen molar-refractivity contribution in [3.63, 3.8) is 0 Å². The lowest BCUT2D eigenvalue weighted by Crippen LogP contribution is -2.43. The van der Waals surface area contributed by atoms with E-state index in [9.17, 15) is 4.79 Å². The maximum Gasteiger partial charge on any atom is 0.234 e.